The van der Waals surface area contributed by atoms with Crippen LogP contribution in [0.3, 0.4) is 0 Å². The van der Waals surface area contributed by atoms with Gasteiger partial charge in [-0.15, -0.1) is 11.6 Å². The lowest BCUT2D eigenvalue weighted by Crippen LogP contribution is -1.88. The van der Waals surface area contributed by atoms with Crippen LogP contribution in [0, 0.1) is 0 Å². The molecule has 2 nitrogen and oxygen atoms in total. The van der Waals surface area contributed by atoms with E-state index >= 15 is 0 Å². The summed E-state index contributed by atoms with van der Waals surface area (Å²) in [5.41, 5.74) is 1.15. The lowest BCUT2D eigenvalue weighted by atomic mass is 10.3. The van der Waals surface area contributed by atoms with Crippen LogP contribution >= 0.6 is 11.6 Å². The zero-order valence-electron chi connectivity index (χ0n) is 6.76. The summed E-state index contributed by atoms with van der Waals surface area (Å²) in [6.45, 7) is 3.10. The van der Waals surface area contributed by atoms with Crippen molar-refractivity contribution in [3.05, 3.63) is 18.2 Å². The van der Waals surface area contributed by atoms with Gasteiger partial charge in [-0.3, -0.25) is 0 Å². The average Bonchev–Trinajstić information content (AvgIpc) is 2.48. The number of aromatic nitrogens is 2. The highest BCUT2D eigenvalue weighted by Gasteiger charge is 1.95. The highest BCUT2D eigenvalue weighted by molar-refractivity contribution is 6.17. The SMILES string of the molecule is CCn1cnc(CCCCl)c1. The van der Waals surface area contributed by atoms with E-state index < -0.39 is 0 Å². The monoisotopic (exact) mass is 172 g/mol. The molecular weight excluding hydrogens is 160 g/mol. The van der Waals surface area contributed by atoms with Gasteiger partial charge in [-0.05, 0) is 19.8 Å². The van der Waals surface area contributed by atoms with Crippen molar-refractivity contribution in [1.82, 2.24) is 9.55 Å². The molecule has 0 aliphatic rings. The van der Waals surface area contributed by atoms with E-state index in [1.807, 2.05) is 6.33 Å². The molecule has 0 amide bonds. The second-order valence-corrected chi connectivity index (χ2v) is 2.87. The van der Waals surface area contributed by atoms with Crippen molar-refractivity contribution in [1.29, 1.82) is 0 Å². The van der Waals surface area contributed by atoms with Gasteiger partial charge in [0, 0.05) is 18.6 Å². The van der Waals surface area contributed by atoms with E-state index in [4.69, 9.17) is 11.6 Å². The van der Waals surface area contributed by atoms with E-state index in [2.05, 4.69) is 22.7 Å². The Morgan fingerprint density at radius 1 is 1.64 bits per heavy atom. The molecule has 62 valence electrons. The Kier molecular flexibility index (Phi) is 3.43. The minimum absolute atomic E-state index is 0.721. The minimum atomic E-state index is 0.721. The molecule has 1 aromatic heterocycles. The maximum absolute atomic E-state index is 5.56. The molecule has 0 fully saturated rings. The molecule has 0 unspecified atom stereocenters. The van der Waals surface area contributed by atoms with E-state index in [0.29, 0.717) is 0 Å². The first-order valence-electron chi connectivity index (χ1n) is 3.93. The highest BCUT2D eigenvalue weighted by atomic mass is 35.5. The second kappa shape index (κ2) is 4.39. The third-order valence-electron chi connectivity index (χ3n) is 1.62. The molecule has 1 rings (SSSR count). The first kappa shape index (κ1) is 8.60. The first-order valence-corrected chi connectivity index (χ1v) is 4.47. The molecular formula is C8H13ClN2. The van der Waals surface area contributed by atoms with Crippen LogP contribution in [-0.4, -0.2) is 15.4 Å². The van der Waals surface area contributed by atoms with Crippen LogP contribution in [0.25, 0.3) is 0 Å². The van der Waals surface area contributed by atoms with E-state index in [1.165, 1.54) is 0 Å². The Labute approximate surface area is 72.2 Å². The molecule has 0 bridgehead atoms. The Balaban J connectivity index is 2.44. The third-order valence-corrected chi connectivity index (χ3v) is 1.89. The molecule has 1 aromatic rings. The van der Waals surface area contributed by atoms with Crippen molar-refractivity contribution in [3.8, 4) is 0 Å². The fraction of sp³-hybridized carbons (Fsp3) is 0.625. The molecule has 3 heteroatoms. The van der Waals surface area contributed by atoms with Crippen molar-refractivity contribution in [3.63, 3.8) is 0 Å². The predicted octanol–water partition coefficient (Wildman–Crippen LogP) is 2.07. The number of nitrogens with zero attached hydrogens (tertiary/aromatic N) is 2. The maximum atomic E-state index is 5.56. The molecule has 1 heterocycles. The average molecular weight is 173 g/mol. The number of rotatable bonds is 4. The fourth-order valence-corrected chi connectivity index (χ4v) is 1.09. The van der Waals surface area contributed by atoms with Gasteiger partial charge >= 0.3 is 0 Å². The molecule has 0 atom stereocenters. The summed E-state index contributed by atoms with van der Waals surface area (Å²) in [5, 5.41) is 0. The van der Waals surface area contributed by atoms with Gasteiger partial charge in [-0.1, -0.05) is 0 Å². The van der Waals surface area contributed by atoms with Crippen LogP contribution < -0.4 is 0 Å². The van der Waals surface area contributed by atoms with Crippen LogP contribution in [0.1, 0.15) is 19.0 Å². The summed E-state index contributed by atoms with van der Waals surface area (Å²) in [4.78, 5) is 4.23. The van der Waals surface area contributed by atoms with Crippen molar-refractivity contribution in [2.24, 2.45) is 0 Å². The van der Waals surface area contributed by atoms with Crippen molar-refractivity contribution in [2.45, 2.75) is 26.3 Å². The smallest absolute Gasteiger partial charge is 0.0949 e. The summed E-state index contributed by atoms with van der Waals surface area (Å²) in [5.74, 6) is 0.721. The van der Waals surface area contributed by atoms with Gasteiger partial charge < -0.3 is 4.57 Å². The number of hydrogen-bond acceptors (Lipinski definition) is 1. The fourth-order valence-electron chi connectivity index (χ4n) is 0.956. The van der Waals surface area contributed by atoms with Crippen LogP contribution in [0.4, 0.5) is 0 Å². The summed E-state index contributed by atoms with van der Waals surface area (Å²) in [6, 6.07) is 0. The number of halogens is 1. The Morgan fingerprint density at radius 3 is 3.00 bits per heavy atom. The standard InChI is InChI=1S/C8H13ClN2/c1-2-11-6-8(10-7-11)4-3-5-9/h6-7H,2-5H2,1H3. The first-order chi connectivity index (χ1) is 5.36. The molecule has 0 spiro atoms. The summed E-state index contributed by atoms with van der Waals surface area (Å²) < 4.78 is 2.07. The topological polar surface area (TPSA) is 17.8 Å². The van der Waals surface area contributed by atoms with Crippen LogP contribution in [0.5, 0.6) is 0 Å². The molecule has 0 radical (unpaired) electrons. The van der Waals surface area contributed by atoms with Crippen LogP contribution in [0.15, 0.2) is 12.5 Å². The molecule has 0 aliphatic heterocycles. The van der Waals surface area contributed by atoms with Gasteiger partial charge in [0.15, 0.2) is 0 Å². The van der Waals surface area contributed by atoms with Crippen molar-refractivity contribution in [2.75, 3.05) is 5.88 Å². The lowest BCUT2D eigenvalue weighted by Gasteiger charge is -1.92. The number of imidazole rings is 1. The molecule has 0 aromatic carbocycles. The molecule has 11 heavy (non-hydrogen) atoms. The lowest BCUT2D eigenvalue weighted by molar-refractivity contribution is 0.759. The molecule has 0 aliphatic carbocycles. The van der Waals surface area contributed by atoms with Gasteiger partial charge in [0.2, 0.25) is 0 Å². The minimum Gasteiger partial charge on any atom is -0.337 e. The molecule has 0 N–H and O–H groups in total. The Hall–Kier alpha value is -0.500. The maximum Gasteiger partial charge on any atom is 0.0949 e. The quantitative estimate of drug-likeness (QED) is 0.636. The van der Waals surface area contributed by atoms with E-state index in [-0.39, 0.29) is 0 Å². The van der Waals surface area contributed by atoms with E-state index in [1.54, 1.807) is 0 Å². The normalized spacial score (nSPS) is 10.4. The molecule has 0 saturated carbocycles. The zero-order valence-corrected chi connectivity index (χ0v) is 7.51. The largest absolute Gasteiger partial charge is 0.337 e. The van der Waals surface area contributed by atoms with Gasteiger partial charge in [0.25, 0.3) is 0 Å². The number of alkyl halides is 1. The van der Waals surface area contributed by atoms with Crippen LogP contribution in [-0.2, 0) is 13.0 Å². The van der Waals surface area contributed by atoms with E-state index in [0.717, 1.165) is 31.0 Å². The summed E-state index contributed by atoms with van der Waals surface area (Å²) >= 11 is 5.56. The van der Waals surface area contributed by atoms with Gasteiger partial charge in [0.05, 0.1) is 12.0 Å². The number of aryl methyl sites for hydroxylation is 2. The predicted molar refractivity (Wildman–Crippen MR) is 46.9 cm³/mol. The van der Waals surface area contributed by atoms with Crippen LogP contribution in [0.2, 0.25) is 0 Å². The van der Waals surface area contributed by atoms with Crippen molar-refractivity contribution >= 4 is 11.6 Å². The third kappa shape index (κ3) is 2.54. The zero-order chi connectivity index (χ0) is 8.10. The van der Waals surface area contributed by atoms with Gasteiger partial charge in [-0.25, -0.2) is 4.98 Å². The van der Waals surface area contributed by atoms with Gasteiger partial charge in [0.1, 0.15) is 0 Å². The second-order valence-electron chi connectivity index (χ2n) is 2.49. The number of hydrogen-bond donors (Lipinski definition) is 0. The molecule has 0 saturated heterocycles. The van der Waals surface area contributed by atoms with Crippen molar-refractivity contribution < 1.29 is 0 Å². The van der Waals surface area contributed by atoms with E-state index in [9.17, 15) is 0 Å². The summed E-state index contributed by atoms with van der Waals surface area (Å²) in [6.07, 6.45) is 5.95. The summed E-state index contributed by atoms with van der Waals surface area (Å²) in [7, 11) is 0. The van der Waals surface area contributed by atoms with Gasteiger partial charge in [-0.2, -0.15) is 0 Å². The Morgan fingerprint density at radius 2 is 2.45 bits per heavy atom. The highest BCUT2D eigenvalue weighted by Crippen LogP contribution is 2.00. The Bertz CT molecular complexity index is 208.